The minimum Gasteiger partial charge on any atom is -0.497 e. The Morgan fingerprint density at radius 1 is 1.19 bits per heavy atom. The van der Waals surface area contributed by atoms with Crippen molar-refractivity contribution in [2.24, 2.45) is 0 Å². The number of ether oxygens (including phenoxy) is 1. The molecule has 0 saturated carbocycles. The molecule has 0 bridgehead atoms. The van der Waals surface area contributed by atoms with E-state index in [0.29, 0.717) is 33.8 Å². The molecule has 0 fully saturated rings. The first-order valence-electron chi connectivity index (χ1n) is 10.2. The topological polar surface area (TPSA) is 63.0 Å². The maximum absolute atomic E-state index is 13.6. The Hall–Kier alpha value is -2.83. The van der Waals surface area contributed by atoms with Crippen molar-refractivity contribution in [3.05, 3.63) is 74.1 Å². The fourth-order valence-corrected chi connectivity index (χ4v) is 4.25. The smallest absolute Gasteiger partial charge is 0.290 e. The molecule has 0 unspecified atom stereocenters. The van der Waals surface area contributed by atoms with Gasteiger partial charge < -0.3 is 19.0 Å². The van der Waals surface area contributed by atoms with Crippen LogP contribution in [0.2, 0.25) is 5.02 Å². The van der Waals surface area contributed by atoms with Crippen molar-refractivity contribution in [2.75, 3.05) is 34.3 Å². The van der Waals surface area contributed by atoms with Crippen molar-refractivity contribution in [3.8, 4) is 5.75 Å². The molecule has 4 rings (SSSR count). The average Bonchev–Trinajstić information content (AvgIpc) is 3.02. The summed E-state index contributed by atoms with van der Waals surface area (Å²) in [6.45, 7) is 3.16. The number of fused-ring (bicyclic) bond motifs is 2. The summed E-state index contributed by atoms with van der Waals surface area (Å²) < 4.78 is 11.4. The van der Waals surface area contributed by atoms with Crippen LogP contribution in [0.25, 0.3) is 11.0 Å². The van der Waals surface area contributed by atoms with Crippen molar-refractivity contribution in [1.29, 1.82) is 0 Å². The number of benzene rings is 2. The Bertz CT molecular complexity index is 1220. The van der Waals surface area contributed by atoms with Crippen molar-refractivity contribution >= 4 is 28.5 Å². The predicted octanol–water partition coefficient (Wildman–Crippen LogP) is 4.26. The Balaban J connectivity index is 1.91. The van der Waals surface area contributed by atoms with E-state index >= 15 is 0 Å². The first kappa shape index (κ1) is 21.4. The molecule has 162 valence electrons. The van der Waals surface area contributed by atoms with Gasteiger partial charge in [0.1, 0.15) is 11.3 Å². The summed E-state index contributed by atoms with van der Waals surface area (Å²) in [5, 5.41) is 0.870. The molecule has 1 atom stereocenters. The standard InChI is InChI=1S/C24H25ClN2O4/c1-14-11-19-17(13-18(14)25)22(28)20-21(15-7-5-8-16(12-15)30-4)27(10-6-9-26(2)3)24(29)23(20)31-19/h5,7-8,11-13,21H,6,9-10H2,1-4H3/t21-/m0/s1. The van der Waals surface area contributed by atoms with E-state index in [4.69, 9.17) is 20.8 Å². The van der Waals surface area contributed by atoms with Crippen LogP contribution in [0.15, 0.2) is 45.6 Å². The summed E-state index contributed by atoms with van der Waals surface area (Å²) in [5.41, 5.74) is 2.10. The molecule has 1 aliphatic heterocycles. The molecule has 0 N–H and O–H groups in total. The summed E-state index contributed by atoms with van der Waals surface area (Å²) >= 11 is 6.28. The lowest BCUT2D eigenvalue weighted by Gasteiger charge is -2.26. The Labute approximate surface area is 186 Å². The van der Waals surface area contributed by atoms with E-state index in [9.17, 15) is 9.59 Å². The van der Waals surface area contributed by atoms with Crippen molar-refractivity contribution in [2.45, 2.75) is 19.4 Å². The molecule has 0 spiro atoms. The number of amides is 1. The minimum absolute atomic E-state index is 0.108. The Kier molecular flexibility index (Phi) is 5.77. The first-order valence-corrected chi connectivity index (χ1v) is 10.6. The monoisotopic (exact) mass is 440 g/mol. The lowest BCUT2D eigenvalue weighted by Crippen LogP contribution is -2.32. The van der Waals surface area contributed by atoms with E-state index in [2.05, 4.69) is 4.90 Å². The molecule has 1 aliphatic rings. The maximum Gasteiger partial charge on any atom is 0.290 e. The zero-order valence-electron chi connectivity index (χ0n) is 18.1. The van der Waals surface area contributed by atoms with Crippen molar-refractivity contribution in [1.82, 2.24) is 9.80 Å². The largest absolute Gasteiger partial charge is 0.497 e. The van der Waals surface area contributed by atoms with E-state index < -0.39 is 6.04 Å². The number of aryl methyl sites for hydroxylation is 1. The average molecular weight is 441 g/mol. The van der Waals surface area contributed by atoms with E-state index in [1.165, 1.54) is 0 Å². The fourth-order valence-electron chi connectivity index (χ4n) is 4.09. The van der Waals surface area contributed by atoms with Crippen LogP contribution in [0.5, 0.6) is 5.75 Å². The number of nitrogens with zero attached hydrogens (tertiary/aromatic N) is 2. The number of carbonyl (C=O) groups excluding carboxylic acids is 1. The highest BCUT2D eigenvalue weighted by molar-refractivity contribution is 6.32. The first-order chi connectivity index (χ1) is 14.8. The van der Waals surface area contributed by atoms with Gasteiger partial charge in [0, 0.05) is 11.6 Å². The van der Waals surface area contributed by atoms with Gasteiger partial charge in [0.05, 0.1) is 24.1 Å². The van der Waals surface area contributed by atoms with E-state index in [1.54, 1.807) is 24.1 Å². The zero-order valence-corrected chi connectivity index (χ0v) is 18.8. The highest BCUT2D eigenvalue weighted by Crippen LogP contribution is 2.39. The Morgan fingerprint density at radius 3 is 2.68 bits per heavy atom. The van der Waals surface area contributed by atoms with E-state index in [-0.39, 0.29) is 17.1 Å². The molecule has 31 heavy (non-hydrogen) atoms. The summed E-state index contributed by atoms with van der Waals surface area (Å²) in [4.78, 5) is 30.7. The van der Waals surface area contributed by atoms with Gasteiger partial charge in [0.15, 0.2) is 5.43 Å². The second kappa shape index (κ2) is 8.36. The predicted molar refractivity (Wildman–Crippen MR) is 121 cm³/mol. The minimum atomic E-state index is -0.541. The lowest BCUT2D eigenvalue weighted by molar-refractivity contribution is 0.0722. The third-order valence-corrected chi connectivity index (χ3v) is 6.07. The van der Waals surface area contributed by atoms with E-state index in [0.717, 1.165) is 24.1 Å². The van der Waals surface area contributed by atoms with Crippen LogP contribution < -0.4 is 10.2 Å². The van der Waals surface area contributed by atoms with Gasteiger partial charge in [-0.1, -0.05) is 23.7 Å². The van der Waals surface area contributed by atoms with Gasteiger partial charge >= 0.3 is 0 Å². The summed E-state index contributed by atoms with van der Waals surface area (Å²) in [5.74, 6) is 0.501. The lowest BCUT2D eigenvalue weighted by atomic mass is 9.98. The van der Waals surface area contributed by atoms with Gasteiger partial charge in [-0.25, -0.2) is 0 Å². The van der Waals surface area contributed by atoms with Gasteiger partial charge in [-0.2, -0.15) is 0 Å². The SMILES string of the molecule is COc1cccc([C@H]2c3c(oc4cc(C)c(Cl)cc4c3=O)C(=O)N2CCCN(C)C)c1. The van der Waals surface area contributed by atoms with Crippen LogP contribution in [-0.4, -0.2) is 50.0 Å². The quantitative estimate of drug-likeness (QED) is 0.573. The molecular formula is C24H25ClN2O4. The number of carbonyl (C=O) groups is 1. The van der Waals surface area contributed by atoms with Crippen LogP contribution in [0, 0.1) is 6.92 Å². The molecule has 3 aromatic rings. The van der Waals surface area contributed by atoms with E-state index in [1.807, 2.05) is 45.3 Å². The number of hydrogen-bond donors (Lipinski definition) is 0. The van der Waals surface area contributed by atoms with Gasteiger partial charge in [0.25, 0.3) is 5.91 Å². The third kappa shape index (κ3) is 3.82. The number of halogens is 1. The van der Waals surface area contributed by atoms with Crippen LogP contribution in [0.4, 0.5) is 0 Å². The molecule has 1 amide bonds. The van der Waals surface area contributed by atoms with Gasteiger partial charge in [-0.3, -0.25) is 9.59 Å². The molecule has 0 radical (unpaired) electrons. The second-order valence-electron chi connectivity index (χ2n) is 8.11. The molecule has 2 heterocycles. The highest BCUT2D eigenvalue weighted by Gasteiger charge is 2.42. The Morgan fingerprint density at radius 2 is 1.97 bits per heavy atom. The number of rotatable bonds is 6. The maximum atomic E-state index is 13.6. The summed E-state index contributed by atoms with van der Waals surface area (Å²) in [6, 6.07) is 10.3. The molecule has 6 nitrogen and oxygen atoms in total. The number of methoxy groups -OCH3 is 1. The van der Waals surface area contributed by atoms with Crippen molar-refractivity contribution in [3.63, 3.8) is 0 Å². The second-order valence-corrected chi connectivity index (χ2v) is 8.51. The van der Waals surface area contributed by atoms with Crippen molar-refractivity contribution < 1.29 is 13.9 Å². The van der Waals surface area contributed by atoms with Gasteiger partial charge in [-0.05, 0) is 69.4 Å². The highest BCUT2D eigenvalue weighted by atomic mass is 35.5. The summed E-state index contributed by atoms with van der Waals surface area (Å²) in [7, 11) is 5.57. The number of hydrogen-bond acceptors (Lipinski definition) is 5. The van der Waals surface area contributed by atoms with Crippen LogP contribution in [0.1, 0.15) is 39.7 Å². The van der Waals surface area contributed by atoms with Gasteiger partial charge in [0.2, 0.25) is 5.76 Å². The molecule has 0 saturated heterocycles. The molecular weight excluding hydrogens is 416 g/mol. The third-order valence-electron chi connectivity index (χ3n) is 5.66. The van der Waals surface area contributed by atoms with Crippen LogP contribution in [-0.2, 0) is 0 Å². The fraction of sp³-hybridized carbons (Fsp3) is 0.333. The normalized spacial score (nSPS) is 15.7. The van der Waals surface area contributed by atoms with Gasteiger partial charge in [-0.15, -0.1) is 0 Å². The molecule has 7 heteroatoms. The zero-order chi connectivity index (χ0) is 22.3. The van der Waals surface area contributed by atoms with Crippen LogP contribution in [0.3, 0.4) is 0 Å². The summed E-state index contributed by atoms with van der Waals surface area (Å²) in [6.07, 6.45) is 0.770. The van der Waals surface area contributed by atoms with Crippen LogP contribution >= 0.6 is 11.6 Å². The molecule has 2 aromatic carbocycles. The molecule has 1 aromatic heterocycles. The molecule has 0 aliphatic carbocycles.